The van der Waals surface area contributed by atoms with Crippen LogP contribution in [0.4, 0.5) is 0 Å². The summed E-state index contributed by atoms with van der Waals surface area (Å²) in [7, 11) is 0. The van der Waals surface area contributed by atoms with Gasteiger partial charge in [0.25, 0.3) is 0 Å². The quantitative estimate of drug-likeness (QED) is 0.806. The normalized spacial score (nSPS) is 21.8. The first-order valence-electron chi connectivity index (χ1n) is 9.97. The predicted molar refractivity (Wildman–Crippen MR) is 107 cm³/mol. The van der Waals surface area contributed by atoms with Gasteiger partial charge in [-0.15, -0.1) is 0 Å². The number of carbonyl (C=O) groups excluding carboxylic acids is 1. The van der Waals surface area contributed by atoms with Crippen molar-refractivity contribution in [3.63, 3.8) is 0 Å². The van der Waals surface area contributed by atoms with Crippen molar-refractivity contribution < 1.29 is 14.3 Å². The highest BCUT2D eigenvalue weighted by molar-refractivity contribution is 6.30. The molecule has 1 atom stereocenters. The molecule has 1 aromatic carbocycles. The van der Waals surface area contributed by atoms with Gasteiger partial charge in [0.05, 0.1) is 18.6 Å². The number of amides is 1. The molecule has 1 unspecified atom stereocenters. The molecule has 2 aliphatic heterocycles. The number of nitrogens with one attached hydrogen (secondary N) is 1. The average molecular weight is 395 g/mol. The van der Waals surface area contributed by atoms with Gasteiger partial charge in [-0.2, -0.15) is 0 Å². The molecule has 2 aliphatic rings. The van der Waals surface area contributed by atoms with E-state index in [4.69, 9.17) is 21.1 Å². The van der Waals surface area contributed by atoms with Crippen molar-refractivity contribution in [2.24, 2.45) is 5.92 Å². The molecule has 5 nitrogen and oxygen atoms in total. The molecule has 1 N–H and O–H groups in total. The average Bonchev–Trinajstić information content (AvgIpc) is 2.69. The van der Waals surface area contributed by atoms with Crippen LogP contribution >= 0.6 is 11.6 Å². The third kappa shape index (κ3) is 4.83. The van der Waals surface area contributed by atoms with Crippen molar-refractivity contribution >= 4 is 17.5 Å². The van der Waals surface area contributed by atoms with Crippen LogP contribution in [-0.2, 0) is 19.7 Å². The van der Waals surface area contributed by atoms with E-state index < -0.39 is 5.41 Å². The summed E-state index contributed by atoms with van der Waals surface area (Å²) in [6.07, 6.45) is 1.40. The number of halogens is 1. The number of hydrogen-bond donors (Lipinski definition) is 1. The molecule has 150 valence electrons. The first kappa shape index (κ1) is 20.6. The van der Waals surface area contributed by atoms with Crippen molar-refractivity contribution in [1.82, 2.24) is 10.2 Å². The van der Waals surface area contributed by atoms with Gasteiger partial charge in [-0.05, 0) is 36.5 Å². The van der Waals surface area contributed by atoms with Gasteiger partial charge >= 0.3 is 0 Å². The molecule has 0 saturated carbocycles. The maximum atomic E-state index is 13.4. The number of carbonyl (C=O) groups is 1. The molecule has 27 heavy (non-hydrogen) atoms. The van der Waals surface area contributed by atoms with Gasteiger partial charge < -0.3 is 14.8 Å². The van der Waals surface area contributed by atoms with E-state index in [0.29, 0.717) is 49.6 Å². The largest absolute Gasteiger partial charge is 0.381 e. The molecule has 2 fully saturated rings. The fourth-order valence-electron chi connectivity index (χ4n) is 4.20. The molecule has 0 radical (unpaired) electrons. The first-order chi connectivity index (χ1) is 13.0. The second kappa shape index (κ2) is 9.37. The van der Waals surface area contributed by atoms with Gasteiger partial charge in [0.1, 0.15) is 0 Å². The zero-order valence-corrected chi connectivity index (χ0v) is 17.1. The Balaban J connectivity index is 1.73. The van der Waals surface area contributed by atoms with Crippen LogP contribution in [0.2, 0.25) is 5.02 Å². The lowest BCUT2D eigenvalue weighted by Crippen LogP contribution is -2.54. The van der Waals surface area contributed by atoms with E-state index in [2.05, 4.69) is 24.1 Å². The summed E-state index contributed by atoms with van der Waals surface area (Å²) in [6.45, 7) is 9.69. The Labute approximate surface area is 167 Å². The Morgan fingerprint density at radius 2 is 1.70 bits per heavy atom. The van der Waals surface area contributed by atoms with Gasteiger partial charge in [-0.25, -0.2) is 0 Å². The Morgan fingerprint density at radius 1 is 1.11 bits per heavy atom. The molecule has 1 aromatic rings. The fourth-order valence-corrected chi connectivity index (χ4v) is 4.32. The number of rotatable bonds is 6. The molecule has 1 amide bonds. The third-order valence-corrected chi connectivity index (χ3v) is 6.19. The minimum Gasteiger partial charge on any atom is -0.381 e. The number of ether oxygens (including phenoxy) is 2. The van der Waals surface area contributed by atoms with Crippen LogP contribution in [0.3, 0.4) is 0 Å². The summed E-state index contributed by atoms with van der Waals surface area (Å²) in [5.74, 6) is 0.566. The molecule has 6 heteroatoms. The van der Waals surface area contributed by atoms with E-state index in [-0.39, 0.29) is 5.91 Å². The summed E-state index contributed by atoms with van der Waals surface area (Å²) in [5, 5.41) is 3.96. The molecule has 3 rings (SSSR count). The van der Waals surface area contributed by atoms with E-state index in [0.717, 1.165) is 31.9 Å². The summed E-state index contributed by atoms with van der Waals surface area (Å²) in [4.78, 5) is 15.8. The Hall–Kier alpha value is -1.14. The van der Waals surface area contributed by atoms with Gasteiger partial charge in [0, 0.05) is 43.9 Å². The van der Waals surface area contributed by atoms with Crippen LogP contribution in [-0.4, -0.2) is 62.9 Å². The standard InChI is InChI=1S/C21H31ClN2O3/c1-16(2)19(24-9-13-27-14-10-24)15-23-20(25)21(7-11-26-12-8-21)17-3-5-18(22)6-4-17/h3-6,16,19H,7-15H2,1-2H3,(H,23,25). The minimum atomic E-state index is -0.532. The zero-order chi connectivity index (χ0) is 19.3. The maximum Gasteiger partial charge on any atom is 0.230 e. The predicted octanol–water partition coefficient (Wildman–Crippen LogP) is 2.86. The number of benzene rings is 1. The highest BCUT2D eigenvalue weighted by Crippen LogP contribution is 2.35. The Bertz CT molecular complexity index is 608. The monoisotopic (exact) mass is 394 g/mol. The van der Waals surface area contributed by atoms with Crippen molar-refractivity contribution in [3.8, 4) is 0 Å². The number of morpholine rings is 1. The van der Waals surface area contributed by atoms with Crippen molar-refractivity contribution in [3.05, 3.63) is 34.9 Å². The van der Waals surface area contributed by atoms with Gasteiger partial charge in [-0.3, -0.25) is 9.69 Å². The van der Waals surface area contributed by atoms with Crippen LogP contribution < -0.4 is 5.32 Å². The van der Waals surface area contributed by atoms with Crippen molar-refractivity contribution in [2.45, 2.75) is 38.1 Å². The summed E-state index contributed by atoms with van der Waals surface area (Å²) in [5.41, 5.74) is 0.496. The third-order valence-electron chi connectivity index (χ3n) is 5.93. The van der Waals surface area contributed by atoms with Crippen molar-refractivity contribution in [2.75, 3.05) is 46.1 Å². The molecular weight excluding hydrogens is 364 g/mol. The Morgan fingerprint density at radius 3 is 2.30 bits per heavy atom. The molecule has 2 saturated heterocycles. The minimum absolute atomic E-state index is 0.104. The van der Waals surface area contributed by atoms with Crippen LogP contribution in [0.15, 0.2) is 24.3 Å². The topological polar surface area (TPSA) is 50.8 Å². The van der Waals surface area contributed by atoms with Crippen LogP contribution in [0.1, 0.15) is 32.3 Å². The molecule has 0 spiro atoms. The molecule has 0 aromatic heterocycles. The van der Waals surface area contributed by atoms with E-state index in [1.54, 1.807) is 0 Å². The van der Waals surface area contributed by atoms with Crippen LogP contribution in [0, 0.1) is 5.92 Å². The highest BCUT2D eigenvalue weighted by atomic mass is 35.5. The smallest absolute Gasteiger partial charge is 0.230 e. The summed E-state index contributed by atoms with van der Waals surface area (Å²) < 4.78 is 11.0. The maximum absolute atomic E-state index is 13.4. The molecular formula is C21H31ClN2O3. The van der Waals surface area contributed by atoms with E-state index >= 15 is 0 Å². The van der Waals surface area contributed by atoms with Gasteiger partial charge in [0.2, 0.25) is 5.91 Å². The summed E-state index contributed by atoms with van der Waals surface area (Å²) in [6, 6.07) is 8.02. The number of hydrogen-bond acceptors (Lipinski definition) is 4. The second-order valence-corrected chi connectivity index (χ2v) is 8.31. The molecule has 0 aliphatic carbocycles. The van der Waals surface area contributed by atoms with E-state index in [1.807, 2.05) is 24.3 Å². The van der Waals surface area contributed by atoms with E-state index in [9.17, 15) is 4.79 Å². The fraction of sp³-hybridized carbons (Fsp3) is 0.667. The van der Waals surface area contributed by atoms with Crippen molar-refractivity contribution in [1.29, 1.82) is 0 Å². The zero-order valence-electron chi connectivity index (χ0n) is 16.4. The number of nitrogens with zero attached hydrogens (tertiary/aromatic N) is 1. The highest BCUT2D eigenvalue weighted by Gasteiger charge is 2.42. The van der Waals surface area contributed by atoms with Crippen LogP contribution in [0.5, 0.6) is 0 Å². The second-order valence-electron chi connectivity index (χ2n) is 7.87. The van der Waals surface area contributed by atoms with Gasteiger partial charge in [-0.1, -0.05) is 37.6 Å². The lowest BCUT2D eigenvalue weighted by molar-refractivity contribution is -0.131. The first-order valence-corrected chi connectivity index (χ1v) is 10.3. The van der Waals surface area contributed by atoms with Crippen LogP contribution in [0.25, 0.3) is 0 Å². The SMILES string of the molecule is CC(C)C(CNC(=O)C1(c2ccc(Cl)cc2)CCOCC1)N1CCOCC1. The molecule has 0 bridgehead atoms. The Kier molecular flexibility index (Phi) is 7.15. The van der Waals surface area contributed by atoms with E-state index in [1.165, 1.54) is 0 Å². The summed E-state index contributed by atoms with van der Waals surface area (Å²) >= 11 is 6.06. The van der Waals surface area contributed by atoms with Gasteiger partial charge in [0.15, 0.2) is 0 Å². The lowest BCUT2D eigenvalue weighted by atomic mass is 9.73. The lowest BCUT2D eigenvalue weighted by Gasteiger charge is -2.39. The molecule has 2 heterocycles.